The number of benzene rings is 1. The van der Waals surface area contributed by atoms with Gasteiger partial charge >= 0.3 is 0 Å². The Labute approximate surface area is 128 Å². The van der Waals surface area contributed by atoms with Crippen LogP contribution in [0.1, 0.15) is 32.8 Å². The number of carbonyl (C=O) groups is 1. The molecule has 0 aliphatic rings. The first-order chi connectivity index (χ1) is 10.0. The highest BCUT2D eigenvalue weighted by Crippen LogP contribution is 2.27. The van der Waals surface area contributed by atoms with Crippen molar-refractivity contribution >= 4 is 5.91 Å². The first kappa shape index (κ1) is 17.3. The van der Waals surface area contributed by atoms with Gasteiger partial charge in [-0.1, -0.05) is 26.8 Å². The molecule has 0 unspecified atom stereocenters. The Morgan fingerprint density at radius 1 is 1.19 bits per heavy atom. The van der Waals surface area contributed by atoms with Gasteiger partial charge in [-0.3, -0.25) is 4.79 Å². The second-order valence-electron chi connectivity index (χ2n) is 5.60. The third kappa shape index (κ3) is 5.29. The lowest BCUT2D eigenvalue weighted by Gasteiger charge is -2.24. The van der Waals surface area contributed by atoms with Gasteiger partial charge in [-0.05, 0) is 30.0 Å². The van der Waals surface area contributed by atoms with Crippen molar-refractivity contribution in [3.63, 3.8) is 0 Å². The zero-order valence-electron chi connectivity index (χ0n) is 13.8. The van der Waals surface area contributed by atoms with Crippen LogP contribution in [-0.2, 0) is 11.2 Å². The van der Waals surface area contributed by atoms with Gasteiger partial charge in [0.2, 0.25) is 5.91 Å². The van der Waals surface area contributed by atoms with Crippen LogP contribution in [0, 0.1) is 5.92 Å². The summed E-state index contributed by atoms with van der Waals surface area (Å²) in [5.41, 5.74) is 0.947. The molecule has 1 amide bonds. The average Bonchev–Trinajstić information content (AvgIpc) is 2.46. The van der Waals surface area contributed by atoms with E-state index in [0.29, 0.717) is 23.8 Å². The number of methoxy groups -OCH3 is 2. The molecule has 0 aliphatic carbocycles. The normalized spacial score (nSPS) is 10.6. The summed E-state index contributed by atoms with van der Waals surface area (Å²) in [6.07, 6.45) is 1.37. The van der Waals surface area contributed by atoms with Gasteiger partial charge in [-0.25, -0.2) is 0 Å². The fraction of sp³-hybridized carbons (Fsp3) is 0.588. The van der Waals surface area contributed by atoms with E-state index in [4.69, 9.17) is 9.47 Å². The summed E-state index contributed by atoms with van der Waals surface area (Å²) in [5, 5.41) is 0. The highest BCUT2D eigenvalue weighted by molar-refractivity contribution is 5.79. The van der Waals surface area contributed by atoms with E-state index in [1.807, 2.05) is 23.1 Å². The highest BCUT2D eigenvalue weighted by Gasteiger charge is 2.15. The highest BCUT2D eigenvalue weighted by atomic mass is 16.5. The number of amides is 1. The SMILES string of the molecule is CCCN(CC(C)C)C(=O)Cc1ccc(OC)c(OC)c1. The maximum atomic E-state index is 12.4. The van der Waals surface area contributed by atoms with Gasteiger partial charge in [-0.15, -0.1) is 0 Å². The summed E-state index contributed by atoms with van der Waals surface area (Å²) in [5.74, 6) is 1.98. The van der Waals surface area contributed by atoms with Gasteiger partial charge in [-0.2, -0.15) is 0 Å². The Bertz CT molecular complexity index is 457. The van der Waals surface area contributed by atoms with Crippen LogP contribution < -0.4 is 9.47 Å². The Kier molecular flexibility index (Phi) is 7.06. The molecule has 0 fully saturated rings. The minimum absolute atomic E-state index is 0.165. The summed E-state index contributed by atoms with van der Waals surface area (Å²) in [6.45, 7) is 7.97. The summed E-state index contributed by atoms with van der Waals surface area (Å²) in [4.78, 5) is 14.4. The van der Waals surface area contributed by atoms with E-state index in [9.17, 15) is 4.79 Å². The van der Waals surface area contributed by atoms with Crippen LogP contribution in [-0.4, -0.2) is 38.1 Å². The lowest BCUT2D eigenvalue weighted by molar-refractivity contribution is -0.131. The van der Waals surface area contributed by atoms with Crippen molar-refractivity contribution < 1.29 is 14.3 Å². The third-order valence-corrected chi connectivity index (χ3v) is 3.24. The second kappa shape index (κ2) is 8.55. The van der Waals surface area contributed by atoms with E-state index >= 15 is 0 Å². The van der Waals surface area contributed by atoms with Crippen molar-refractivity contribution in [2.45, 2.75) is 33.6 Å². The van der Waals surface area contributed by atoms with Gasteiger partial charge < -0.3 is 14.4 Å². The minimum atomic E-state index is 0.165. The monoisotopic (exact) mass is 293 g/mol. The molecular weight excluding hydrogens is 266 g/mol. The molecule has 0 saturated carbocycles. The minimum Gasteiger partial charge on any atom is -0.493 e. The molecule has 1 rings (SSSR count). The molecule has 0 heterocycles. The van der Waals surface area contributed by atoms with Crippen LogP contribution in [0.2, 0.25) is 0 Å². The fourth-order valence-corrected chi connectivity index (χ4v) is 2.31. The van der Waals surface area contributed by atoms with Crippen LogP contribution in [0.4, 0.5) is 0 Å². The van der Waals surface area contributed by atoms with Gasteiger partial charge in [0.1, 0.15) is 0 Å². The van der Waals surface area contributed by atoms with Gasteiger partial charge in [0.25, 0.3) is 0 Å². The standard InChI is InChI=1S/C17H27NO3/c1-6-9-18(12-13(2)3)17(19)11-14-7-8-15(20-4)16(10-14)21-5/h7-8,10,13H,6,9,11-12H2,1-5H3. The zero-order chi connectivity index (χ0) is 15.8. The first-order valence-electron chi connectivity index (χ1n) is 7.50. The van der Waals surface area contributed by atoms with Crippen LogP contribution in [0.15, 0.2) is 18.2 Å². The van der Waals surface area contributed by atoms with E-state index in [1.165, 1.54) is 0 Å². The number of nitrogens with zero attached hydrogens (tertiary/aromatic N) is 1. The van der Waals surface area contributed by atoms with Crippen LogP contribution in [0.3, 0.4) is 0 Å². The number of carbonyl (C=O) groups excluding carboxylic acids is 1. The van der Waals surface area contributed by atoms with Crippen LogP contribution in [0.5, 0.6) is 11.5 Å². The molecule has 0 N–H and O–H groups in total. The van der Waals surface area contributed by atoms with E-state index in [0.717, 1.165) is 25.1 Å². The predicted molar refractivity (Wildman–Crippen MR) is 85.0 cm³/mol. The summed E-state index contributed by atoms with van der Waals surface area (Å²) < 4.78 is 10.5. The molecule has 0 atom stereocenters. The van der Waals surface area contributed by atoms with Crippen molar-refractivity contribution in [1.82, 2.24) is 4.90 Å². The van der Waals surface area contributed by atoms with Crippen molar-refractivity contribution in [3.05, 3.63) is 23.8 Å². The van der Waals surface area contributed by atoms with Gasteiger partial charge in [0.15, 0.2) is 11.5 Å². The molecule has 1 aromatic rings. The molecule has 1 aromatic carbocycles. The number of hydrogen-bond acceptors (Lipinski definition) is 3. The lowest BCUT2D eigenvalue weighted by Crippen LogP contribution is -2.35. The summed E-state index contributed by atoms with van der Waals surface area (Å²) in [6, 6.07) is 5.63. The molecule has 0 radical (unpaired) electrons. The van der Waals surface area contributed by atoms with E-state index in [-0.39, 0.29) is 5.91 Å². The maximum Gasteiger partial charge on any atom is 0.227 e. The molecule has 0 bridgehead atoms. The molecule has 4 nitrogen and oxygen atoms in total. The predicted octanol–water partition coefficient (Wildman–Crippen LogP) is 3.14. The third-order valence-electron chi connectivity index (χ3n) is 3.24. The fourth-order valence-electron chi connectivity index (χ4n) is 2.31. The van der Waals surface area contributed by atoms with Crippen molar-refractivity contribution in [3.8, 4) is 11.5 Å². The summed E-state index contributed by atoms with van der Waals surface area (Å²) in [7, 11) is 3.21. The quantitative estimate of drug-likeness (QED) is 0.739. The van der Waals surface area contributed by atoms with Gasteiger partial charge in [0, 0.05) is 13.1 Å². The Morgan fingerprint density at radius 3 is 2.38 bits per heavy atom. The molecule has 118 valence electrons. The molecule has 4 heteroatoms. The van der Waals surface area contributed by atoms with E-state index < -0.39 is 0 Å². The number of ether oxygens (including phenoxy) is 2. The Balaban J connectivity index is 2.80. The Morgan fingerprint density at radius 2 is 1.86 bits per heavy atom. The van der Waals surface area contributed by atoms with E-state index in [1.54, 1.807) is 14.2 Å². The van der Waals surface area contributed by atoms with Gasteiger partial charge in [0.05, 0.1) is 20.6 Å². The molecule has 0 saturated heterocycles. The smallest absolute Gasteiger partial charge is 0.227 e. The number of rotatable bonds is 8. The topological polar surface area (TPSA) is 38.8 Å². The average molecular weight is 293 g/mol. The first-order valence-corrected chi connectivity index (χ1v) is 7.50. The summed E-state index contributed by atoms with van der Waals surface area (Å²) >= 11 is 0. The molecule has 0 spiro atoms. The maximum absolute atomic E-state index is 12.4. The van der Waals surface area contributed by atoms with Crippen molar-refractivity contribution in [2.75, 3.05) is 27.3 Å². The molecule has 0 aliphatic heterocycles. The molecular formula is C17H27NO3. The van der Waals surface area contributed by atoms with Crippen LogP contribution >= 0.6 is 0 Å². The Hall–Kier alpha value is -1.71. The van der Waals surface area contributed by atoms with Crippen molar-refractivity contribution in [1.29, 1.82) is 0 Å². The van der Waals surface area contributed by atoms with Crippen LogP contribution in [0.25, 0.3) is 0 Å². The van der Waals surface area contributed by atoms with E-state index in [2.05, 4.69) is 20.8 Å². The number of hydrogen-bond donors (Lipinski definition) is 0. The van der Waals surface area contributed by atoms with Crippen molar-refractivity contribution in [2.24, 2.45) is 5.92 Å². The molecule has 21 heavy (non-hydrogen) atoms. The lowest BCUT2D eigenvalue weighted by atomic mass is 10.1. The zero-order valence-corrected chi connectivity index (χ0v) is 13.8. The second-order valence-corrected chi connectivity index (χ2v) is 5.60. The largest absolute Gasteiger partial charge is 0.493 e. The molecule has 0 aromatic heterocycles.